The average Bonchev–Trinajstić information content (AvgIpc) is 3.39. The molecule has 0 aliphatic heterocycles. The summed E-state index contributed by atoms with van der Waals surface area (Å²) in [7, 11) is 0. The molecule has 5 aromatic rings. The Morgan fingerprint density at radius 1 is 0.921 bits per heavy atom. The smallest absolute Gasteiger partial charge is 0.344 e. The second-order valence-corrected chi connectivity index (χ2v) is 8.88. The lowest BCUT2D eigenvalue weighted by molar-refractivity contribution is -0.384. The summed E-state index contributed by atoms with van der Waals surface area (Å²) in [4.78, 5) is 35.6. The number of halogens is 1. The van der Waals surface area contributed by atoms with Crippen molar-refractivity contribution in [3.8, 4) is 22.5 Å². The quantitative estimate of drug-likeness (QED) is 0.112. The van der Waals surface area contributed by atoms with Gasteiger partial charge >= 0.3 is 5.63 Å². The van der Waals surface area contributed by atoms with E-state index in [9.17, 15) is 19.7 Å². The number of rotatable bonds is 5. The minimum absolute atomic E-state index is 0.0164. The molecule has 9 nitrogen and oxygen atoms in total. The molecule has 0 saturated carbocycles. The first-order valence-corrected chi connectivity index (χ1v) is 11.9. The van der Waals surface area contributed by atoms with E-state index in [2.05, 4.69) is 10.6 Å². The van der Waals surface area contributed by atoms with Crippen LogP contribution >= 0.6 is 23.8 Å². The molecule has 0 spiro atoms. The average molecular weight is 546 g/mol. The molecule has 0 aliphatic rings. The maximum atomic E-state index is 12.6. The van der Waals surface area contributed by atoms with Crippen LogP contribution in [0.1, 0.15) is 10.6 Å². The normalized spacial score (nSPS) is 10.8. The zero-order chi connectivity index (χ0) is 26.8. The Hall–Kier alpha value is -4.80. The number of para-hydroxylation sites is 1. The number of hydrogen-bond donors (Lipinski definition) is 2. The Labute approximate surface area is 224 Å². The van der Waals surface area contributed by atoms with Crippen LogP contribution in [0.15, 0.2) is 98.6 Å². The molecule has 0 unspecified atom stereocenters. The van der Waals surface area contributed by atoms with Crippen molar-refractivity contribution in [2.75, 3.05) is 5.32 Å². The molecular formula is C27H16ClN3O6S. The van der Waals surface area contributed by atoms with Gasteiger partial charge in [0.25, 0.3) is 11.6 Å². The van der Waals surface area contributed by atoms with Crippen molar-refractivity contribution in [1.82, 2.24) is 5.32 Å². The maximum absolute atomic E-state index is 12.6. The van der Waals surface area contributed by atoms with E-state index in [1.54, 1.807) is 42.5 Å². The van der Waals surface area contributed by atoms with E-state index >= 15 is 0 Å². The zero-order valence-corrected chi connectivity index (χ0v) is 20.8. The lowest BCUT2D eigenvalue weighted by atomic mass is 10.1. The van der Waals surface area contributed by atoms with Crippen LogP contribution in [-0.2, 0) is 0 Å². The Morgan fingerprint density at radius 3 is 2.53 bits per heavy atom. The summed E-state index contributed by atoms with van der Waals surface area (Å²) in [6.45, 7) is 0. The van der Waals surface area contributed by atoms with Gasteiger partial charge in [0.15, 0.2) is 10.9 Å². The van der Waals surface area contributed by atoms with Gasteiger partial charge in [-0.2, -0.15) is 0 Å². The standard InChI is InChI=1S/C27H16ClN3O6S/c28-21-14-17(8-9-19(21)20-13-16-4-1-2-7-22(16)37-26(20)33)29-27(38)30-25(32)24-11-10-23(36-24)15-5-3-6-18(12-15)31(34)35/h1-14H,(H2,29,30,32,38). The number of furan rings is 1. The van der Waals surface area contributed by atoms with Crippen LogP contribution < -0.4 is 16.3 Å². The fourth-order valence-electron chi connectivity index (χ4n) is 3.78. The number of fused-ring (bicyclic) bond motifs is 1. The molecular weight excluding hydrogens is 530 g/mol. The fourth-order valence-corrected chi connectivity index (χ4v) is 4.27. The van der Waals surface area contributed by atoms with Gasteiger partial charge in [0, 0.05) is 34.3 Å². The first kappa shape index (κ1) is 24.9. The highest BCUT2D eigenvalue weighted by Crippen LogP contribution is 2.30. The van der Waals surface area contributed by atoms with Gasteiger partial charge in [0.2, 0.25) is 0 Å². The first-order chi connectivity index (χ1) is 18.3. The number of anilines is 1. The summed E-state index contributed by atoms with van der Waals surface area (Å²) in [5.41, 5.74) is 1.59. The Bertz CT molecular complexity index is 1800. The number of non-ortho nitro benzene ring substituents is 1. The third kappa shape index (κ3) is 5.17. The molecule has 0 bridgehead atoms. The molecule has 2 heterocycles. The number of benzene rings is 3. The largest absolute Gasteiger partial charge is 0.451 e. The Kier molecular flexibility index (Phi) is 6.73. The van der Waals surface area contributed by atoms with Gasteiger partial charge in [0.1, 0.15) is 11.3 Å². The molecule has 0 atom stereocenters. The van der Waals surface area contributed by atoms with Crippen molar-refractivity contribution in [2.45, 2.75) is 0 Å². The van der Waals surface area contributed by atoms with E-state index < -0.39 is 16.5 Å². The second-order valence-electron chi connectivity index (χ2n) is 8.06. The highest BCUT2D eigenvalue weighted by atomic mass is 35.5. The minimum atomic E-state index is -0.615. The Morgan fingerprint density at radius 2 is 1.74 bits per heavy atom. The topological polar surface area (TPSA) is 128 Å². The molecule has 3 aromatic carbocycles. The van der Waals surface area contributed by atoms with Crippen molar-refractivity contribution >= 4 is 57.2 Å². The van der Waals surface area contributed by atoms with Crippen LogP contribution in [0.3, 0.4) is 0 Å². The first-order valence-electron chi connectivity index (χ1n) is 11.1. The summed E-state index contributed by atoms with van der Waals surface area (Å²) in [6.07, 6.45) is 0. The predicted molar refractivity (Wildman–Crippen MR) is 147 cm³/mol. The second kappa shape index (κ2) is 10.3. The number of nitrogens with zero attached hydrogens (tertiary/aromatic N) is 1. The van der Waals surface area contributed by atoms with E-state index in [4.69, 9.17) is 32.7 Å². The van der Waals surface area contributed by atoms with E-state index in [0.29, 0.717) is 33.7 Å². The van der Waals surface area contributed by atoms with Crippen molar-refractivity contribution in [3.05, 3.63) is 116 Å². The van der Waals surface area contributed by atoms with Gasteiger partial charge in [-0.05, 0) is 48.6 Å². The number of amides is 1. The van der Waals surface area contributed by atoms with Gasteiger partial charge < -0.3 is 14.2 Å². The minimum Gasteiger partial charge on any atom is -0.451 e. The van der Waals surface area contributed by atoms with Crippen molar-refractivity contribution in [3.63, 3.8) is 0 Å². The van der Waals surface area contributed by atoms with Crippen LogP contribution in [0.25, 0.3) is 33.4 Å². The zero-order valence-electron chi connectivity index (χ0n) is 19.3. The molecule has 0 fully saturated rings. The number of hydrogen-bond acceptors (Lipinski definition) is 7. The molecule has 2 N–H and O–H groups in total. The number of carbonyl (C=O) groups is 1. The SMILES string of the molecule is O=C(NC(=S)Nc1ccc(-c2cc3ccccc3oc2=O)c(Cl)c1)c1ccc(-c2cccc([N+](=O)[O-])c2)o1. The maximum Gasteiger partial charge on any atom is 0.344 e. The molecule has 5 rings (SSSR count). The van der Waals surface area contributed by atoms with E-state index in [0.717, 1.165) is 5.39 Å². The predicted octanol–water partition coefficient (Wildman–Crippen LogP) is 6.41. The van der Waals surface area contributed by atoms with Crippen LogP contribution in [0.2, 0.25) is 5.02 Å². The van der Waals surface area contributed by atoms with Crippen molar-refractivity contribution in [1.29, 1.82) is 0 Å². The van der Waals surface area contributed by atoms with E-state index in [1.165, 1.54) is 30.3 Å². The number of nitro benzene ring substituents is 1. The number of nitrogens with one attached hydrogen (secondary N) is 2. The number of nitro groups is 1. The van der Waals surface area contributed by atoms with Crippen molar-refractivity contribution < 1.29 is 18.6 Å². The molecule has 0 aliphatic carbocycles. The third-order valence-corrected chi connectivity index (χ3v) is 6.07. The van der Waals surface area contributed by atoms with Crippen LogP contribution in [0.4, 0.5) is 11.4 Å². The number of carbonyl (C=O) groups excluding carboxylic acids is 1. The van der Waals surface area contributed by atoms with Crippen LogP contribution in [0, 0.1) is 10.1 Å². The van der Waals surface area contributed by atoms with Crippen LogP contribution in [0.5, 0.6) is 0 Å². The molecule has 0 saturated heterocycles. The molecule has 11 heteroatoms. The Balaban J connectivity index is 1.28. The molecule has 1 amide bonds. The third-order valence-electron chi connectivity index (χ3n) is 5.56. The monoisotopic (exact) mass is 545 g/mol. The van der Waals surface area contributed by atoms with Gasteiger partial charge in [-0.3, -0.25) is 20.2 Å². The lowest BCUT2D eigenvalue weighted by Gasteiger charge is -2.11. The summed E-state index contributed by atoms with van der Waals surface area (Å²) in [5, 5.41) is 17.4. The highest BCUT2D eigenvalue weighted by Gasteiger charge is 2.16. The summed E-state index contributed by atoms with van der Waals surface area (Å²) < 4.78 is 11.0. The van der Waals surface area contributed by atoms with Crippen molar-refractivity contribution in [2.24, 2.45) is 0 Å². The van der Waals surface area contributed by atoms with E-state index in [1.807, 2.05) is 12.1 Å². The molecule has 2 aromatic heterocycles. The fraction of sp³-hybridized carbons (Fsp3) is 0. The molecule has 0 radical (unpaired) electrons. The summed E-state index contributed by atoms with van der Waals surface area (Å²) >= 11 is 11.7. The summed E-state index contributed by atoms with van der Waals surface area (Å²) in [6, 6.07) is 22.6. The number of thiocarbonyl (C=S) groups is 1. The van der Waals surface area contributed by atoms with E-state index in [-0.39, 0.29) is 21.6 Å². The lowest BCUT2D eigenvalue weighted by Crippen LogP contribution is -2.33. The van der Waals surface area contributed by atoms with Gasteiger partial charge in [-0.15, -0.1) is 0 Å². The molecule has 38 heavy (non-hydrogen) atoms. The summed E-state index contributed by atoms with van der Waals surface area (Å²) in [5.74, 6) is -0.360. The van der Waals surface area contributed by atoms with Gasteiger partial charge in [0.05, 0.1) is 15.5 Å². The van der Waals surface area contributed by atoms with Gasteiger partial charge in [-0.25, -0.2) is 4.79 Å². The van der Waals surface area contributed by atoms with Gasteiger partial charge in [-0.1, -0.05) is 48.0 Å². The molecule has 188 valence electrons. The highest BCUT2D eigenvalue weighted by molar-refractivity contribution is 7.80. The van der Waals surface area contributed by atoms with Crippen LogP contribution in [-0.4, -0.2) is 15.9 Å².